The normalized spacial score (nSPS) is 12.6. The topological polar surface area (TPSA) is 63.9 Å². The molecule has 0 aliphatic heterocycles. The van der Waals surface area contributed by atoms with Crippen LogP contribution in [-0.4, -0.2) is 23.7 Å². The van der Waals surface area contributed by atoms with Gasteiger partial charge in [-0.3, -0.25) is 0 Å². The minimum Gasteiger partial charge on any atom is -0.385 e. The van der Waals surface area contributed by atoms with E-state index in [4.69, 9.17) is 33.7 Å². The lowest BCUT2D eigenvalue weighted by Crippen LogP contribution is -2.14. The third-order valence-corrected chi connectivity index (χ3v) is 3.35. The molecule has 0 bridgehead atoms. The molecule has 2 rings (SSSR count). The number of H-pyrrole nitrogens is 1. The van der Waals surface area contributed by atoms with Crippen LogP contribution in [0.15, 0.2) is 24.4 Å². The fourth-order valence-corrected chi connectivity index (χ4v) is 2.26. The molecule has 1 unspecified atom stereocenters. The van der Waals surface area contributed by atoms with E-state index in [0.717, 1.165) is 17.1 Å². The third kappa shape index (κ3) is 3.48. The number of hydrogen-bond acceptors (Lipinski definition) is 3. The summed E-state index contributed by atoms with van der Waals surface area (Å²) in [6.07, 6.45) is 2.43. The van der Waals surface area contributed by atoms with Crippen LogP contribution >= 0.6 is 23.2 Å². The summed E-state index contributed by atoms with van der Waals surface area (Å²) in [5, 5.41) is 1.18. The van der Waals surface area contributed by atoms with Gasteiger partial charge < -0.3 is 15.5 Å². The number of hydrogen-bond donors (Lipinski definition) is 2. The van der Waals surface area contributed by atoms with Gasteiger partial charge in [-0.2, -0.15) is 0 Å². The van der Waals surface area contributed by atoms with Crippen molar-refractivity contribution < 1.29 is 4.74 Å². The predicted octanol–water partition coefficient (Wildman–Crippen LogP) is 3.42. The maximum atomic E-state index is 6.15. The number of nitrogens with zero attached hydrogens (tertiary/aromatic N) is 1. The zero-order valence-electron chi connectivity index (χ0n) is 10.5. The highest BCUT2D eigenvalue weighted by molar-refractivity contribution is 6.36. The van der Waals surface area contributed by atoms with E-state index in [2.05, 4.69) is 9.97 Å². The first-order valence-electron chi connectivity index (χ1n) is 5.86. The molecule has 6 heteroatoms. The molecular formula is C13H15Cl2N3O. The zero-order chi connectivity index (χ0) is 13.8. The molecule has 19 heavy (non-hydrogen) atoms. The van der Waals surface area contributed by atoms with Crippen molar-refractivity contribution >= 4 is 23.2 Å². The standard InChI is InChI=1S/C13H15Cl2N3O/c1-19-5-4-11(16)13-17-7-12(18-13)9-3-2-8(14)6-10(9)15/h2-3,6-7,11H,4-5,16H2,1H3,(H,17,18). The number of methoxy groups -OCH3 is 1. The summed E-state index contributed by atoms with van der Waals surface area (Å²) in [5.74, 6) is 0.720. The maximum Gasteiger partial charge on any atom is 0.123 e. The van der Waals surface area contributed by atoms with Crippen LogP contribution in [0.5, 0.6) is 0 Å². The van der Waals surface area contributed by atoms with Crippen molar-refractivity contribution in [1.82, 2.24) is 9.97 Å². The number of benzene rings is 1. The van der Waals surface area contributed by atoms with Crippen LogP contribution < -0.4 is 5.73 Å². The van der Waals surface area contributed by atoms with Crippen molar-refractivity contribution in [3.63, 3.8) is 0 Å². The molecule has 1 atom stereocenters. The van der Waals surface area contributed by atoms with Crippen molar-refractivity contribution in [2.45, 2.75) is 12.5 Å². The van der Waals surface area contributed by atoms with Crippen LogP contribution in [0.25, 0.3) is 11.3 Å². The van der Waals surface area contributed by atoms with E-state index < -0.39 is 0 Å². The van der Waals surface area contributed by atoms with E-state index in [0.29, 0.717) is 23.1 Å². The Kier molecular flexibility index (Phi) is 4.82. The number of halogens is 2. The van der Waals surface area contributed by atoms with Crippen LogP contribution in [0.1, 0.15) is 18.3 Å². The maximum absolute atomic E-state index is 6.15. The van der Waals surface area contributed by atoms with Crippen molar-refractivity contribution in [2.24, 2.45) is 5.73 Å². The molecule has 0 fully saturated rings. The first-order valence-corrected chi connectivity index (χ1v) is 6.62. The average molecular weight is 300 g/mol. The Morgan fingerprint density at radius 1 is 1.42 bits per heavy atom. The van der Waals surface area contributed by atoms with Gasteiger partial charge in [0.15, 0.2) is 0 Å². The fourth-order valence-electron chi connectivity index (χ4n) is 1.75. The third-order valence-electron chi connectivity index (χ3n) is 2.80. The van der Waals surface area contributed by atoms with Crippen LogP contribution in [-0.2, 0) is 4.74 Å². The van der Waals surface area contributed by atoms with Crippen LogP contribution in [0.2, 0.25) is 10.0 Å². The number of imidazole rings is 1. The summed E-state index contributed by atoms with van der Waals surface area (Å²) in [6.45, 7) is 0.596. The van der Waals surface area contributed by atoms with Crippen LogP contribution in [0.4, 0.5) is 0 Å². The van der Waals surface area contributed by atoms with Crippen LogP contribution in [0.3, 0.4) is 0 Å². The molecule has 1 aromatic carbocycles. The number of nitrogens with two attached hydrogens (primary N) is 1. The number of aromatic amines is 1. The highest BCUT2D eigenvalue weighted by Gasteiger charge is 2.12. The van der Waals surface area contributed by atoms with E-state index in [9.17, 15) is 0 Å². The van der Waals surface area contributed by atoms with E-state index in [1.807, 2.05) is 6.07 Å². The van der Waals surface area contributed by atoms with E-state index in [1.165, 1.54) is 0 Å². The molecule has 102 valence electrons. The van der Waals surface area contributed by atoms with Gasteiger partial charge in [0, 0.05) is 24.3 Å². The van der Waals surface area contributed by atoms with Gasteiger partial charge in [0.25, 0.3) is 0 Å². The number of ether oxygens (including phenoxy) is 1. The summed E-state index contributed by atoms with van der Waals surface area (Å²) in [7, 11) is 1.65. The van der Waals surface area contributed by atoms with Gasteiger partial charge in [-0.15, -0.1) is 0 Å². The molecule has 0 saturated carbocycles. The van der Waals surface area contributed by atoms with E-state index in [-0.39, 0.29) is 6.04 Å². The Morgan fingerprint density at radius 3 is 2.89 bits per heavy atom. The highest BCUT2D eigenvalue weighted by atomic mass is 35.5. The first-order chi connectivity index (χ1) is 9.11. The van der Waals surface area contributed by atoms with Gasteiger partial charge in [0.05, 0.1) is 23.0 Å². The Hall–Kier alpha value is -1.07. The molecule has 2 aromatic rings. The van der Waals surface area contributed by atoms with E-state index >= 15 is 0 Å². The SMILES string of the molecule is COCCC(N)c1ncc(-c2ccc(Cl)cc2Cl)[nH]1. The van der Waals surface area contributed by atoms with Crippen molar-refractivity contribution in [3.05, 3.63) is 40.3 Å². The minimum atomic E-state index is -0.181. The minimum absolute atomic E-state index is 0.181. The molecule has 0 radical (unpaired) electrons. The molecule has 0 amide bonds. The molecule has 0 saturated heterocycles. The Bertz CT molecular complexity index is 557. The summed E-state index contributed by atoms with van der Waals surface area (Å²) in [5.41, 5.74) is 7.68. The first kappa shape index (κ1) is 14.3. The summed E-state index contributed by atoms with van der Waals surface area (Å²) in [6, 6.07) is 5.15. The molecule has 4 nitrogen and oxygen atoms in total. The lowest BCUT2D eigenvalue weighted by atomic mass is 10.2. The number of aromatic nitrogens is 2. The molecule has 0 aliphatic carbocycles. The van der Waals surface area contributed by atoms with Gasteiger partial charge >= 0.3 is 0 Å². The van der Waals surface area contributed by atoms with Gasteiger partial charge in [-0.05, 0) is 24.6 Å². The smallest absolute Gasteiger partial charge is 0.123 e. The predicted molar refractivity (Wildman–Crippen MR) is 77.5 cm³/mol. The lowest BCUT2D eigenvalue weighted by Gasteiger charge is -2.07. The van der Waals surface area contributed by atoms with Crippen molar-refractivity contribution in [3.8, 4) is 11.3 Å². The average Bonchev–Trinajstić information content (AvgIpc) is 2.85. The molecular weight excluding hydrogens is 285 g/mol. The van der Waals surface area contributed by atoms with Gasteiger partial charge in [0.1, 0.15) is 5.82 Å². The number of rotatable bonds is 5. The molecule has 1 aromatic heterocycles. The molecule has 0 spiro atoms. The highest BCUT2D eigenvalue weighted by Crippen LogP contribution is 2.29. The van der Waals surface area contributed by atoms with E-state index in [1.54, 1.807) is 25.4 Å². The fraction of sp³-hybridized carbons (Fsp3) is 0.308. The number of nitrogens with one attached hydrogen (secondary N) is 1. The van der Waals surface area contributed by atoms with Crippen LogP contribution in [0, 0.1) is 0 Å². The lowest BCUT2D eigenvalue weighted by molar-refractivity contribution is 0.187. The Balaban J connectivity index is 2.20. The van der Waals surface area contributed by atoms with Crippen molar-refractivity contribution in [2.75, 3.05) is 13.7 Å². The van der Waals surface area contributed by atoms with Gasteiger partial charge in [0.2, 0.25) is 0 Å². The van der Waals surface area contributed by atoms with Gasteiger partial charge in [-0.25, -0.2) is 4.98 Å². The monoisotopic (exact) mass is 299 g/mol. The van der Waals surface area contributed by atoms with Gasteiger partial charge in [-0.1, -0.05) is 23.2 Å². The largest absolute Gasteiger partial charge is 0.385 e. The Labute approximate surface area is 121 Å². The second kappa shape index (κ2) is 6.39. The summed E-state index contributed by atoms with van der Waals surface area (Å²) in [4.78, 5) is 7.46. The summed E-state index contributed by atoms with van der Waals surface area (Å²) >= 11 is 12.0. The quantitative estimate of drug-likeness (QED) is 0.889. The second-order valence-electron chi connectivity index (χ2n) is 4.19. The zero-order valence-corrected chi connectivity index (χ0v) is 12.0. The molecule has 3 N–H and O–H groups in total. The Morgan fingerprint density at radius 2 is 2.21 bits per heavy atom. The molecule has 0 aliphatic rings. The van der Waals surface area contributed by atoms with Crippen molar-refractivity contribution in [1.29, 1.82) is 0 Å². The summed E-state index contributed by atoms with van der Waals surface area (Å²) < 4.78 is 5.00. The second-order valence-corrected chi connectivity index (χ2v) is 5.04. The molecule has 1 heterocycles.